The van der Waals surface area contributed by atoms with E-state index in [-0.39, 0.29) is 17.9 Å². The fraction of sp³-hybridized carbons (Fsp3) is 0.417. The summed E-state index contributed by atoms with van der Waals surface area (Å²) in [5, 5.41) is 5.49. The van der Waals surface area contributed by atoms with Crippen LogP contribution in [0, 0.1) is 12.7 Å². The number of anilines is 1. The van der Waals surface area contributed by atoms with Gasteiger partial charge >= 0.3 is 6.03 Å². The number of hydrogen-bond donors (Lipinski definition) is 2. The van der Waals surface area contributed by atoms with Gasteiger partial charge in [0.15, 0.2) is 0 Å². The van der Waals surface area contributed by atoms with Gasteiger partial charge in [0.1, 0.15) is 5.82 Å². The molecule has 2 amide bonds. The third kappa shape index (κ3) is 3.17. The van der Waals surface area contributed by atoms with Gasteiger partial charge in [0, 0.05) is 12.3 Å². The van der Waals surface area contributed by atoms with E-state index in [1.54, 1.807) is 13.0 Å². The highest BCUT2D eigenvalue weighted by molar-refractivity contribution is 5.90. The zero-order valence-electron chi connectivity index (χ0n) is 9.63. The largest absolute Gasteiger partial charge is 0.379 e. The van der Waals surface area contributed by atoms with Crippen molar-refractivity contribution in [3.63, 3.8) is 0 Å². The van der Waals surface area contributed by atoms with Crippen molar-refractivity contribution in [2.45, 2.75) is 19.4 Å². The number of ether oxygens (including phenoxy) is 1. The van der Waals surface area contributed by atoms with Crippen LogP contribution in [0.15, 0.2) is 18.2 Å². The Balaban J connectivity index is 1.93. The van der Waals surface area contributed by atoms with Crippen LogP contribution in [-0.2, 0) is 4.74 Å². The van der Waals surface area contributed by atoms with Crippen molar-refractivity contribution < 1.29 is 13.9 Å². The van der Waals surface area contributed by atoms with Gasteiger partial charge in [-0.15, -0.1) is 0 Å². The lowest BCUT2D eigenvalue weighted by molar-refractivity contribution is 0.189. The van der Waals surface area contributed by atoms with Crippen molar-refractivity contribution in [1.29, 1.82) is 0 Å². The molecule has 1 fully saturated rings. The van der Waals surface area contributed by atoms with E-state index in [1.165, 1.54) is 12.1 Å². The average molecular weight is 238 g/mol. The quantitative estimate of drug-likeness (QED) is 0.828. The minimum atomic E-state index is -0.308. The second kappa shape index (κ2) is 5.14. The molecule has 0 aromatic heterocycles. The Labute approximate surface area is 99.2 Å². The smallest absolute Gasteiger partial charge is 0.319 e. The van der Waals surface area contributed by atoms with E-state index in [0.29, 0.717) is 24.5 Å². The number of nitrogens with one attached hydrogen (secondary N) is 2. The van der Waals surface area contributed by atoms with Crippen LogP contribution in [-0.4, -0.2) is 25.3 Å². The summed E-state index contributed by atoms with van der Waals surface area (Å²) in [6, 6.07) is 4.04. The molecule has 1 aromatic rings. The number of carbonyl (C=O) groups excluding carboxylic acids is 1. The number of hydrogen-bond acceptors (Lipinski definition) is 2. The summed E-state index contributed by atoms with van der Waals surface area (Å²) in [6.45, 7) is 2.98. The van der Waals surface area contributed by atoms with E-state index >= 15 is 0 Å². The van der Waals surface area contributed by atoms with Crippen molar-refractivity contribution in [1.82, 2.24) is 5.32 Å². The number of rotatable bonds is 2. The molecular formula is C12H15FN2O2. The Morgan fingerprint density at radius 2 is 2.35 bits per heavy atom. The highest BCUT2D eigenvalue weighted by Crippen LogP contribution is 2.15. The molecule has 0 aliphatic carbocycles. The maximum atomic E-state index is 12.9. The van der Waals surface area contributed by atoms with Crippen LogP contribution >= 0.6 is 0 Å². The van der Waals surface area contributed by atoms with E-state index in [2.05, 4.69) is 10.6 Å². The second-order valence-electron chi connectivity index (χ2n) is 4.12. The van der Waals surface area contributed by atoms with Crippen LogP contribution in [0.1, 0.15) is 12.0 Å². The lowest BCUT2D eigenvalue weighted by Gasteiger charge is -2.13. The highest BCUT2D eigenvalue weighted by atomic mass is 19.1. The summed E-state index contributed by atoms with van der Waals surface area (Å²) >= 11 is 0. The first-order valence-electron chi connectivity index (χ1n) is 5.56. The number of halogens is 1. The lowest BCUT2D eigenvalue weighted by Crippen LogP contribution is -2.38. The Morgan fingerprint density at radius 1 is 1.53 bits per heavy atom. The number of aryl methyl sites for hydroxylation is 1. The van der Waals surface area contributed by atoms with Crippen LogP contribution < -0.4 is 10.6 Å². The molecule has 1 unspecified atom stereocenters. The predicted molar refractivity (Wildman–Crippen MR) is 62.5 cm³/mol. The van der Waals surface area contributed by atoms with Crippen LogP contribution in [0.2, 0.25) is 0 Å². The van der Waals surface area contributed by atoms with Crippen LogP contribution in [0.25, 0.3) is 0 Å². The third-order valence-corrected chi connectivity index (χ3v) is 2.70. The normalized spacial score (nSPS) is 19.1. The van der Waals surface area contributed by atoms with Crippen molar-refractivity contribution in [3.05, 3.63) is 29.6 Å². The molecular weight excluding hydrogens is 223 g/mol. The molecule has 1 aliphatic heterocycles. The maximum Gasteiger partial charge on any atom is 0.319 e. The summed E-state index contributed by atoms with van der Waals surface area (Å²) in [5.41, 5.74) is 1.31. The molecule has 1 atom stereocenters. The molecule has 0 radical (unpaired) electrons. The van der Waals surface area contributed by atoms with Gasteiger partial charge in [-0.2, -0.15) is 0 Å². The molecule has 92 valence electrons. The van der Waals surface area contributed by atoms with Gasteiger partial charge in [0.05, 0.1) is 12.6 Å². The van der Waals surface area contributed by atoms with Gasteiger partial charge in [-0.3, -0.25) is 0 Å². The zero-order valence-corrected chi connectivity index (χ0v) is 9.63. The summed E-state index contributed by atoms with van der Waals surface area (Å²) in [7, 11) is 0. The van der Waals surface area contributed by atoms with Gasteiger partial charge in [-0.05, 0) is 37.1 Å². The van der Waals surface area contributed by atoms with Crippen molar-refractivity contribution in [2.24, 2.45) is 0 Å². The minimum Gasteiger partial charge on any atom is -0.379 e. The standard InChI is InChI=1S/C12H15FN2O2/c1-8-6-9(13)2-3-11(8)15-12(16)14-10-4-5-17-7-10/h2-3,6,10H,4-5,7H2,1H3,(H2,14,15,16). The fourth-order valence-electron chi connectivity index (χ4n) is 1.76. The highest BCUT2D eigenvalue weighted by Gasteiger charge is 2.17. The Kier molecular flexibility index (Phi) is 3.58. The van der Waals surface area contributed by atoms with E-state index < -0.39 is 0 Å². The van der Waals surface area contributed by atoms with E-state index in [0.717, 1.165) is 6.42 Å². The van der Waals surface area contributed by atoms with Crippen molar-refractivity contribution >= 4 is 11.7 Å². The molecule has 1 aliphatic rings. The van der Waals surface area contributed by atoms with E-state index in [1.807, 2.05) is 0 Å². The summed E-state index contributed by atoms with van der Waals surface area (Å²) < 4.78 is 18.0. The van der Waals surface area contributed by atoms with E-state index in [4.69, 9.17) is 4.74 Å². The maximum absolute atomic E-state index is 12.9. The predicted octanol–water partition coefficient (Wildman–Crippen LogP) is 2.04. The molecule has 17 heavy (non-hydrogen) atoms. The van der Waals surface area contributed by atoms with Gasteiger partial charge in [0.25, 0.3) is 0 Å². The van der Waals surface area contributed by atoms with E-state index in [9.17, 15) is 9.18 Å². The van der Waals surface area contributed by atoms with Gasteiger partial charge in [0.2, 0.25) is 0 Å². The summed E-state index contributed by atoms with van der Waals surface area (Å²) in [6.07, 6.45) is 0.829. The second-order valence-corrected chi connectivity index (χ2v) is 4.12. The molecule has 4 nitrogen and oxygen atoms in total. The first kappa shape index (κ1) is 11.9. The molecule has 1 saturated heterocycles. The monoisotopic (exact) mass is 238 g/mol. The molecule has 1 aromatic carbocycles. The molecule has 0 spiro atoms. The van der Waals surface area contributed by atoms with Crippen LogP contribution in [0.3, 0.4) is 0 Å². The number of amides is 2. The van der Waals surface area contributed by atoms with Crippen LogP contribution in [0.4, 0.5) is 14.9 Å². The Bertz CT molecular complexity index is 417. The SMILES string of the molecule is Cc1cc(F)ccc1NC(=O)NC1CCOC1. The first-order chi connectivity index (χ1) is 8.15. The van der Waals surface area contributed by atoms with Crippen molar-refractivity contribution in [2.75, 3.05) is 18.5 Å². The number of carbonyl (C=O) groups is 1. The summed E-state index contributed by atoms with van der Waals surface area (Å²) in [4.78, 5) is 11.6. The zero-order chi connectivity index (χ0) is 12.3. The molecule has 2 rings (SSSR count). The van der Waals surface area contributed by atoms with Gasteiger partial charge in [-0.25, -0.2) is 9.18 Å². The fourth-order valence-corrected chi connectivity index (χ4v) is 1.76. The minimum absolute atomic E-state index is 0.0655. The average Bonchev–Trinajstić information content (AvgIpc) is 2.75. The lowest BCUT2D eigenvalue weighted by atomic mass is 10.2. The van der Waals surface area contributed by atoms with Crippen molar-refractivity contribution in [3.8, 4) is 0 Å². The number of urea groups is 1. The topological polar surface area (TPSA) is 50.4 Å². The first-order valence-corrected chi connectivity index (χ1v) is 5.56. The van der Waals surface area contributed by atoms with Crippen LogP contribution in [0.5, 0.6) is 0 Å². The Hall–Kier alpha value is -1.62. The molecule has 2 N–H and O–H groups in total. The molecule has 5 heteroatoms. The molecule has 0 bridgehead atoms. The third-order valence-electron chi connectivity index (χ3n) is 2.70. The molecule has 0 saturated carbocycles. The summed E-state index contributed by atoms with van der Waals surface area (Å²) in [5.74, 6) is -0.308. The van der Waals surface area contributed by atoms with Gasteiger partial charge in [-0.1, -0.05) is 0 Å². The molecule has 1 heterocycles. The Morgan fingerprint density at radius 3 is 3.00 bits per heavy atom. The number of benzene rings is 1. The van der Waals surface area contributed by atoms with Gasteiger partial charge < -0.3 is 15.4 Å².